The molecule has 3 nitrogen and oxygen atoms in total. The van der Waals surface area contributed by atoms with Crippen LogP contribution in [0, 0.1) is 61.5 Å². The van der Waals surface area contributed by atoms with Gasteiger partial charge in [0.15, 0.2) is 0 Å². The van der Waals surface area contributed by atoms with Gasteiger partial charge in [0.1, 0.15) is 0 Å². The molecule has 9 rings (SSSR count). The first-order valence-corrected chi connectivity index (χ1v) is 18.4. The number of hydrogen-bond donors (Lipinski definition) is 0. The number of rotatable bonds is 4. The first kappa shape index (κ1) is 41.5. The molecule has 52 heavy (non-hydrogen) atoms. The molecule has 3 heterocycles. The summed E-state index contributed by atoms with van der Waals surface area (Å²) in [5.41, 5.74) is 9.36. The Balaban J connectivity index is 0.000000165. The number of benzene rings is 6. The minimum Gasteiger partial charge on any atom is -0.381 e. The molecule has 3 aliphatic rings. The average Bonchev–Trinajstić information content (AvgIpc) is 4.08. The molecular formula is C48H50EuO3. The van der Waals surface area contributed by atoms with Crippen molar-refractivity contribution in [1.29, 1.82) is 0 Å². The van der Waals surface area contributed by atoms with E-state index in [1.807, 2.05) is 24.3 Å². The maximum atomic E-state index is 4.94. The van der Waals surface area contributed by atoms with Gasteiger partial charge in [0.05, 0.1) is 0 Å². The van der Waals surface area contributed by atoms with Gasteiger partial charge in [-0.05, 0) is 38.5 Å². The second kappa shape index (κ2) is 25.7. The number of ether oxygens (including phenoxy) is 3. The summed E-state index contributed by atoms with van der Waals surface area (Å²) in [7, 11) is 0. The number of hydrogen-bond acceptors (Lipinski definition) is 3. The molecule has 0 amide bonds. The maximum absolute atomic E-state index is 4.94. The van der Waals surface area contributed by atoms with Crippen molar-refractivity contribution in [1.82, 2.24) is 0 Å². The third kappa shape index (κ3) is 15.4. The first-order valence-electron chi connectivity index (χ1n) is 18.4. The van der Waals surface area contributed by atoms with Crippen LogP contribution in [0.15, 0.2) is 158 Å². The van der Waals surface area contributed by atoms with Crippen LogP contribution < -0.4 is 0 Å². The molecule has 0 aliphatic carbocycles. The molecule has 0 N–H and O–H groups in total. The molecule has 267 valence electrons. The SMILES string of the molecule is C1CCOC1.C1CCOC1.C1CCOC1.[Eu+2].[c-]1c(-c2ccccc2)cccc1-c1ccccc1.[c-]1c(-c2ccccc2)cccc1-c1ccccc1. The fraction of sp³-hybridized carbons (Fsp3) is 0.250. The molecule has 0 atom stereocenters. The van der Waals surface area contributed by atoms with Gasteiger partial charge in [-0.1, -0.05) is 144 Å². The van der Waals surface area contributed by atoms with Crippen LogP contribution in [0.5, 0.6) is 0 Å². The van der Waals surface area contributed by atoms with Gasteiger partial charge in [-0.2, -0.15) is 0 Å². The molecule has 0 bridgehead atoms. The van der Waals surface area contributed by atoms with Crippen molar-refractivity contribution in [3.63, 3.8) is 0 Å². The van der Waals surface area contributed by atoms with E-state index in [1.54, 1.807) is 0 Å². The predicted molar refractivity (Wildman–Crippen MR) is 212 cm³/mol. The second-order valence-corrected chi connectivity index (χ2v) is 12.4. The largest absolute Gasteiger partial charge is 2.00 e. The van der Waals surface area contributed by atoms with E-state index >= 15 is 0 Å². The van der Waals surface area contributed by atoms with Gasteiger partial charge >= 0.3 is 49.4 Å². The summed E-state index contributed by atoms with van der Waals surface area (Å²) in [4.78, 5) is 0. The van der Waals surface area contributed by atoms with E-state index in [2.05, 4.69) is 146 Å². The van der Waals surface area contributed by atoms with E-state index in [1.165, 1.54) is 60.8 Å². The Labute approximate surface area is 352 Å². The summed E-state index contributed by atoms with van der Waals surface area (Å²) in [6.07, 6.45) is 7.67. The summed E-state index contributed by atoms with van der Waals surface area (Å²) in [6.45, 7) is 6.00. The third-order valence-electron chi connectivity index (χ3n) is 8.41. The maximum Gasteiger partial charge on any atom is 2.00 e. The van der Waals surface area contributed by atoms with Crippen LogP contribution in [0.1, 0.15) is 38.5 Å². The molecule has 0 unspecified atom stereocenters. The molecule has 0 saturated carbocycles. The zero-order chi connectivity index (χ0) is 35.0. The fourth-order valence-electron chi connectivity index (χ4n) is 5.61. The van der Waals surface area contributed by atoms with E-state index in [-0.39, 0.29) is 49.4 Å². The Morgan fingerprint density at radius 3 is 0.654 bits per heavy atom. The minimum atomic E-state index is 0. The van der Waals surface area contributed by atoms with Gasteiger partial charge in [-0.15, -0.1) is 70.8 Å². The van der Waals surface area contributed by atoms with Crippen LogP contribution in [0.2, 0.25) is 0 Å². The van der Waals surface area contributed by atoms with Crippen LogP contribution in [-0.2, 0) is 14.2 Å². The average molecular weight is 827 g/mol. The molecule has 1 radical (unpaired) electrons. The van der Waals surface area contributed by atoms with Crippen molar-refractivity contribution >= 4 is 0 Å². The van der Waals surface area contributed by atoms with Crippen molar-refractivity contribution in [2.75, 3.05) is 39.6 Å². The van der Waals surface area contributed by atoms with Gasteiger partial charge in [0, 0.05) is 39.6 Å². The summed E-state index contributed by atoms with van der Waals surface area (Å²) < 4.78 is 14.8. The fourth-order valence-corrected chi connectivity index (χ4v) is 5.61. The van der Waals surface area contributed by atoms with Crippen LogP contribution in [0.25, 0.3) is 44.5 Å². The van der Waals surface area contributed by atoms with E-state index in [4.69, 9.17) is 14.2 Å². The molecule has 6 aromatic carbocycles. The van der Waals surface area contributed by atoms with E-state index in [0.29, 0.717) is 0 Å². The normalized spacial score (nSPS) is 14.0. The van der Waals surface area contributed by atoms with E-state index in [0.717, 1.165) is 61.9 Å². The molecule has 6 aromatic rings. The molecule has 0 aromatic heterocycles. The standard InChI is InChI=1S/2C18H13.3C4H8O.Eu/c2*1-3-8-15(9-4-1)17-12-7-13-18(14-17)16-10-5-2-6-11-16;3*1-2-4-5-3-1;/h2*1-13H;3*1-4H2;/q2*-1;;;;+2. The van der Waals surface area contributed by atoms with E-state index in [9.17, 15) is 0 Å². The van der Waals surface area contributed by atoms with Crippen molar-refractivity contribution in [3.05, 3.63) is 170 Å². The van der Waals surface area contributed by atoms with Gasteiger partial charge in [-0.25, -0.2) is 0 Å². The minimum absolute atomic E-state index is 0. The molecule has 3 fully saturated rings. The Morgan fingerprint density at radius 1 is 0.269 bits per heavy atom. The Morgan fingerprint density at radius 2 is 0.481 bits per heavy atom. The third-order valence-corrected chi connectivity index (χ3v) is 8.41. The Bertz CT molecular complexity index is 1480. The van der Waals surface area contributed by atoms with Gasteiger partial charge in [0.25, 0.3) is 0 Å². The smallest absolute Gasteiger partial charge is 0.381 e. The van der Waals surface area contributed by atoms with Crippen LogP contribution in [-0.4, -0.2) is 39.6 Å². The van der Waals surface area contributed by atoms with Crippen LogP contribution in [0.3, 0.4) is 0 Å². The summed E-state index contributed by atoms with van der Waals surface area (Å²) in [5, 5.41) is 0. The zero-order valence-electron chi connectivity index (χ0n) is 30.1. The van der Waals surface area contributed by atoms with Crippen molar-refractivity contribution in [3.8, 4) is 44.5 Å². The zero-order valence-corrected chi connectivity index (χ0v) is 32.5. The molecule has 0 spiro atoms. The Kier molecular flexibility index (Phi) is 20.5. The van der Waals surface area contributed by atoms with Crippen molar-refractivity contribution < 1.29 is 63.6 Å². The van der Waals surface area contributed by atoms with Gasteiger partial charge in [-0.3, -0.25) is 0 Å². The first-order chi connectivity index (χ1) is 25.4. The van der Waals surface area contributed by atoms with Gasteiger partial charge < -0.3 is 14.2 Å². The molecule has 4 heteroatoms. The monoisotopic (exact) mass is 827 g/mol. The van der Waals surface area contributed by atoms with E-state index < -0.39 is 0 Å². The van der Waals surface area contributed by atoms with Gasteiger partial charge in [0.2, 0.25) is 0 Å². The quantitative estimate of drug-likeness (QED) is 0.166. The molecular weight excluding hydrogens is 776 g/mol. The molecule has 3 saturated heterocycles. The van der Waals surface area contributed by atoms with Crippen LogP contribution in [0.4, 0.5) is 0 Å². The van der Waals surface area contributed by atoms with Crippen molar-refractivity contribution in [2.24, 2.45) is 0 Å². The topological polar surface area (TPSA) is 27.7 Å². The predicted octanol–water partition coefficient (Wildman–Crippen LogP) is 12.0. The molecule has 3 aliphatic heterocycles. The van der Waals surface area contributed by atoms with Crippen LogP contribution >= 0.6 is 0 Å². The Hall–Kier alpha value is -3.22. The van der Waals surface area contributed by atoms with Crippen molar-refractivity contribution in [2.45, 2.75) is 38.5 Å². The summed E-state index contributed by atoms with van der Waals surface area (Å²) >= 11 is 0. The summed E-state index contributed by atoms with van der Waals surface area (Å²) in [6, 6.07) is 61.0. The summed E-state index contributed by atoms with van der Waals surface area (Å²) in [5.74, 6) is 0. The second-order valence-electron chi connectivity index (χ2n) is 12.4.